The molecule has 3 aromatic rings. The second-order valence-corrected chi connectivity index (χ2v) is 9.03. The summed E-state index contributed by atoms with van der Waals surface area (Å²) in [7, 11) is 4.03. The quantitative estimate of drug-likeness (QED) is 0.528. The summed E-state index contributed by atoms with van der Waals surface area (Å²) in [6.45, 7) is 5.59. The van der Waals surface area contributed by atoms with E-state index in [-0.39, 0.29) is 5.91 Å². The molecule has 0 saturated heterocycles. The zero-order valence-corrected chi connectivity index (χ0v) is 17.9. The van der Waals surface area contributed by atoms with Gasteiger partial charge in [0.05, 0.1) is 10.2 Å². The zero-order valence-electron chi connectivity index (χ0n) is 16.2. The fourth-order valence-electron chi connectivity index (χ4n) is 2.74. The van der Waals surface area contributed by atoms with Crippen LogP contribution in [0.5, 0.6) is 0 Å². The Kier molecular flexibility index (Phi) is 6.52. The topological polar surface area (TPSA) is 36.4 Å². The third kappa shape index (κ3) is 4.89. The Morgan fingerprint density at radius 3 is 2.52 bits per heavy atom. The molecule has 0 aliphatic heterocycles. The number of fused-ring (bicyclic) bond motifs is 1. The van der Waals surface area contributed by atoms with Crippen LogP contribution in [0.1, 0.15) is 22.8 Å². The minimum Gasteiger partial charge on any atom is -0.308 e. The molecule has 1 heterocycles. The van der Waals surface area contributed by atoms with Gasteiger partial charge in [0.2, 0.25) is 0 Å². The SMILES string of the molecule is CCSc1ccc(C(=O)N(CCN(C)C)c2nc3ccc(C)cc3s2)cc1. The molecule has 2 aromatic carbocycles. The summed E-state index contributed by atoms with van der Waals surface area (Å²) in [5, 5.41) is 0.759. The second kappa shape index (κ2) is 8.87. The van der Waals surface area contributed by atoms with Crippen molar-refractivity contribution >= 4 is 44.4 Å². The molecule has 1 aromatic heterocycles. The first-order chi connectivity index (χ1) is 13.0. The number of benzene rings is 2. The van der Waals surface area contributed by atoms with E-state index < -0.39 is 0 Å². The average Bonchev–Trinajstić information content (AvgIpc) is 3.05. The van der Waals surface area contributed by atoms with Crippen molar-refractivity contribution in [2.75, 3.05) is 37.8 Å². The van der Waals surface area contributed by atoms with Crippen LogP contribution in [-0.4, -0.2) is 48.7 Å². The van der Waals surface area contributed by atoms with Gasteiger partial charge < -0.3 is 4.90 Å². The van der Waals surface area contributed by atoms with Gasteiger partial charge in [-0.15, -0.1) is 11.8 Å². The van der Waals surface area contributed by atoms with Gasteiger partial charge >= 0.3 is 0 Å². The van der Waals surface area contributed by atoms with E-state index in [1.165, 1.54) is 10.5 Å². The summed E-state index contributed by atoms with van der Waals surface area (Å²) in [6, 6.07) is 14.1. The average molecular weight is 400 g/mol. The fraction of sp³-hybridized carbons (Fsp3) is 0.333. The van der Waals surface area contributed by atoms with Gasteiger partial charge in [0.25, 0.3) is 5.91 Å². The van der Waals surface area contributed by atoms with Crippen LogP contribution in [0.3, 0.4) is 0 Å². The number of anilines is 1. The van der Waals surface area contributed by atoms with Crippen LogP contribution in [0, 0.1) is 6.92 Å². The van der Waals surface area contributed by atoms with Crippen molar-refractivity contribution in [2.24, 2.45) is 0 Å². The molecule has 0 spiro atoms. The van der Waals surface area contributed by atoms with E-state index in [9.17, 15) is 4.79 Å². The molecule has 0 saturated carbocycles. The second-order valence-electron chi connectivity index (χ2n) is 6.69. The van der Waals surface area contributed by atoms with Crippen molar-refractivity contribution in [3.63, 3.8) is 0 Å². The van der Waals surface area contributed by atoms with E-state index in [1.807, 2.05) is 49.3 Å². The minimum absolute atomic E-state index is 0.000626. The number of hydrogen-bond acceptors (Lipinski definition) is 5. The highest BCUT2D eigenvalue weighted by atomic mass is 32.2. The van der Waals surface area contributed by atoms with Crippen LogP contribution in [0.25, 0.3) is 10.2 Å². The molecule has 0 bridgehead atoms. The van der Waals surface area contributed by atoms with Crippen molar-refractivity contribution in [3.8, 4) is 0 Å². The number of carbonyl (C=O) groups is 1. The molecule has 6 heteroatoms. The van der Waals surface area contributed by atoms with Gasteiger partial charge in [-0.1, -0.05) is 24.3 Å². The maximum absolute atomic E-state index is 13.2. The van der Waals surface area contributed by atoms with E-state index in [1.54, 1.807) is 23.1 Å². The van der Waals surface area contributed by atoms with Crippen molar-refractivity contribution < 1.29 is 4.79 Å². The molecule has 0 N–H and O–H groups in total. The summed E-state index contributed by atoms with van der Waals surface area (Å²) in [5.74, 6) is 1.02. The Balaban J connectivity index is 1.92. The highest BCUT2D eigenvalue weighted by molar-refractivity contribution is 7.99. The first-order valence-corrected chi connectivity index (χ1v) is 10.8. The van der Waals surface area contributed by atoms with Crippen molar-refractivity contribution in [2.45, 2.75) is 18.7 Å². The Bertz CT molecular complexity index is 919. The van der Waals surface area contributed by atoms with E-state index in [0.29, 0.717) is 12.1 Å². The summed E-state index contributed by atoms with van der Waals surface area (Å²) >= 11 is 3.35. The molecule has 142 valence electrons. The Labute approximate surface area is 169 Å². The predicted octanol–water partition coefficient (Wildman–Crippen LogP) is 4.93. The lowest BCUT2D eigenvalue weighted by Crippen LogP contribution is -2.36. The molecule has 0 atom stereocenters. The third-order valence-electron chi connectivity index (χ3n) is 4.19. The number of hydrogen-bond donors (Lipinski definition) is 0. The Morgan fingerprint density at radius 1 is 1.11 bits per heavy atom. The lowest BCUT2D eigenvalue weighted by atomic mass is 10.2. The lowest BCUT2D eigenvalue weighted by molar-refractivity contribution is 0.0985. The molecule has 0 unspecified atom stereocenters. The van der Waals surface area contributed by atoms with E-state index in [2.05, 4.69) is 30.9 Å². The van der Waals surface area contributed by atoms with Gasteiger partial charge in [-0.25, -0.2) is 4.98 Å². The number of nitrogens with zero attached hydrogens (tertiary/aromatic N) is 3. The highest BCUT2D eigenvalue weighted by Gasteiger charge is 2.21. The highest BCUT2D eigenvalue weighted by Crippen LogP contribution is 2.30. The number of aromatic nitrogens is 1. The maximum Gasteiger partial charge on any atom is 0.260 e. The standard InChI is InChI=1S/C21H25N3OS2/c1-5-26-17-9-7-16(8-10-17)20(25)24(13-12-23(3)4)21-22-18-11-6-15(2)14-19(18)27-21/h6-11,14H,5,12-13H2,1-4H3. The number of thiazole rings is 1. The summed E-state index contributed by atoms with van der Waals surface area (Å²) < 4.78 is 1.11. The number of thioether (sulfide) groups is 1. The van der Waals surface area contributed by atoms with Gasteiger partial charge in [-0.3, -0.25) is 9.69 Å². The summed E-state index contributed by atoms with van der Waals surface area (Å²) in [5.41, 5.74) is 2.84. The molecule has 3 rings (SSSR count). The summed E-state index contributed by atoms with van der Waals surface area (Å²) in [6.07, 6.45) is 0. The predicted molar refractivity (Wildman–Crippen MR) is 117 cm³/mol. The first kappa shape index (κ1) is 19.9. The third-order valence-corrected chi connectivity index (χ3v) is 6.13. The summed E-state index contributed by atoms with van der Waals surface area (Å²) in [4.78, 5) is 23.0. The van der Waals surface area contributed by atoms with E-state index >= 15 is 0 Å². The van der Waals surface area contributed by atoms with Crippen molar-refractivity contribution in [1.29, 1.82) is 0 Å². The minimum atomic E-state index is 0.000626. The van der Waals surface area contributed by atoms with Gasteiger partial charge in [0.1, 0.15) is 0 Å². The smallest absolute Gasteiger partial charge is 0.260 e. The number of amides is 1. The maximum atomic E-state index is 13.2. The molecule has 0 fully saturated rings. The molecular formula is C21H25N3OS2. The molecule has 27 heavy (non-hydrogen) atoms. The molecule has 0 aliphatic carbocycles. The zero-order chi connectivity index (χ0) is 19.4. The molecule has 1 amide bonds. The van der Waals surface area contributed by atoms with Gasteiger partial charge in [-0.2, -0.15) is 0 Å². The van der Waals surface area contributed by atoms with Crippen LogP contribution >= 0.6 is 23.1 Å². The Hall–Kier alpha value is -1.89. The van der Waals surface area contributed by atoms with Crippen molar-refractivity contribution in [1.82, 2.24) is 9.88 Å². The van der Waals surface area contributed by atoms with Crippen LogP contribution < -0.4 is 4.90 Å². The van der Waals surface area contributed by atoms with Gasteiger partial charge in [0, 0.05) is 23.5 Å². The van der Waals surface area contributed by atoms with Crippen LogP contribution in [-0.2, 0) is 0 Å². The monoisotopic (exact) mass is 399 g/mol. The first-order valence-electron chi connectivity index (χ1n) is 9.04. The number of likely N-dealkylation sites (N-methyl/N-ethyl adjacent to an activating group) is 1. The lowest BCUT2D eigenvalue weighted by Gasteiger charge is -2.22. The van der Waals surface area contributed by atoms with Gasteiger partial charge in [0.15, 0.2) is 5.13 Å². The molecular weight excluding hydrogens is 374 g/mol. The van der Waals surface area contributed by atoms with Crippen LogP contribution in [0.2, 0.25) is 0 Å². The fourth-order valence-corrected chi connectivity index (χ4v) is 4.49. The van der Waals surface area contributed by atoms with Crippen LogP contribution in [0.15, 0.2) is 47.4 Å². The van der Waals surface area contributed by atoms with Crippen molar-refractivity contribution in [3.05, 3.63) is 53.6 Å². The number of rotatable bonds is 7. The Morgan fingerprint density at radius 2 is 1.85 bits per heavy atom. The molecule has 0 aliphatic rings. The van der Waals surface area contributed by atoms with E-state index in [0.717, 1.165) is 27.6 Å². The van der Waals surface area contributed by atoms with E-state index in [4.69, 9.17) is 4.98 Å². The van der Waals surface area contributed by atoms with Gasteiger partial charge in [-0.05, 0) is 68.7 Å². The largest absolute Gasteiger partial charge is 0.308 e. The molecule has 0 radical (unpaired) electrons. The molecule has 4 nitrogen and oxygen atoms in total. The number of aryl methyl sites for hydroxylation is 1. The van der Waals surface area contributed by atoms with Crippen LogP contribution in [0.4, 0.5) is 5.13 Å². The number of carbonyl (C=O) groups excluding carboxylic acids is 1. The normalized spacial score (nSPS) is 11.3.